The molecule has 2 aromatic carbocycles. The second-order valence-corrected chi connectivity index (χ2v) is 18.8. The molecule has 246 valence electrons. The maximum absolute atomic E-state index is 13.1. The molecule has 1 saturated heterocycles. The number of imidazole rings is 1. The smallest absolute Gasteiger partial charge is 0.280 e. The van der Waals surface area contributed by atoms with Crippen molar-refractivity contribution in [2.45, 2.75) is 104 Å². The van der Waals surface area contributed by atoms with Gasteiger partial charge in [0.1, 0.15) is 6.10 Å². The topological polar surface area (TPSA) is 114 Å². The highest BCUT2D eigenvalue weighted by Gasteiger charge is 2.52. The van der Waals surface area contributed by atoms with E-state index in [1.807, 2.05) is 16.7 Å². The zero-order chi connectivity index (χ0) is 33.2. The predicted octanol–water partition coefficient (Wildman–Crippen LogP) is 6.48. The van der Waals surface area contributed by atoms with Gasteiger partial charge in [0.05, 0.1) is 18.5 Å². The van der Waals surface area contributed by atoms with Crippen molar-refractivity contribution in [1.82, 2.24) is 24.4 Å². The molecule has 46 heavy (non-hydrogen) atoms. The maximum atomic E-state index is 13.1. The van der Waals surface area contributed by atoms with Crippen molar-refractivity contribution in [3.63, 3.8) is 0 Å². The number of H-pyrrole nitrogens is 1. The fourth-order valence-corrected chi connectivity index (χ4v) is 6.99. The van der Waals surface area contributed by atoms with E-state index in [-0.39, 0.29) is 40.5 Å². The average Bonchev–Trinajstić information content (AvgIpc) is 3.58. The maximum Gasteiger partial charge on any atom is 0.280 e. The molecular formula is C35H48N6O4Si. The molecule has 0 aliphatic carbocycles. The molecule has 0 radical (unpaired) electrons. The number of aromatic nitrogens is 4. The monoisotopic (exact) mass is 644 g/mol. The highest BCUT2D eigenvalue weighted by Crippen LogP contribution is 2.44. The Balaban J connectivity index is 1.63. The number of nitrogens with one attached hydrogen (secondary N) is 2. The Morgan fingerprint density at radius 2 is 1.65 bits per heavy atom. The van der Waals surface area contributed by atoms with Gasteiger partial charge in [0.15, 0.2) is 25.7 Å². The van der Waals surface area contributed by atoms with Crippen molar-refractivity contribution >= 4 is 31.3 Å². The van der Waals surface area contributed by atoms with Gasteiger partial charge in [-0.15, -0.1) is 0 Å². The van der Waals surface area contributed by atoms with E-state index in [0.29, 0.717) is 18.7 Å². The molecule has 2 N–H and O–H groups in total. The average molecular weight is 645 g/mol. The lowest BCUT2D eigenvalue weighted by Crippen LogP contribution is -2.53. The lowest BCUT2D eigenvalue weighted by molar-refractivity contribution is -0.118. The van der Waals surface area contributed by atoms with E-state index in [1.54, 1.807) is 20.2 Å². The highest BCUT2D eigenvalue weighted by atomic mass is 28.4. The molecule has 0 saturated carbocycles. The number of amides is 1. The standard InChI is InChI=1S/C35H48N6O4Si/c1-9-26-28(40(20-24-16-12-10-13-17-24)21-25-18-14-11-15-19-25)29(45-46(7,8)35(4,5)6)33(44-26)41-22-36-27-30(41)37-34(39-32(27)43)38-31(42)23(2)3/h10-19,22-23,26,28-29,33H,9,20-21H2,1-8H3,(H2,37,38,39,42,43)/t26-,28+,29?,33-/m1/s1. The number of carbonyl (C=O) groups excluding carboxylic acids is 1. The Labute approximate surface area is 272 Å². The fraction of sp³-hybridized carbons (Fsp3) is 0.486. The molecule has 1 fully saturated rings. The summed E-state index contributed by atoms with van der Waals surface area (Å²) in [7, 11) is -2.35. The third-order valence-electron chi connectivity index (χ3n) is 9.30. The first-order valence-electron chi connectivity index (χ1n) is 16.2. The number of hydrogen-bond acceptors (Lipinski definition) is 7. The summed E-state index contributed by atoms with van der Waals surface area (Å²) in [4.78, 5) is 39.9. The molecule has 1 unspecified atom stereocenters. The number of rotatable bonds is 11. The van der Waals surface area contributed by atoms with Crippen LogP contribution in [0.25, 0.3) is 11.2 Å². The molecule has 4 atom stereocenters. The number of benzene rings is 2. The molecule has 3 heterocycles. The van der Waals surface area contributed by atoms with Crippen molar-refractivity contribution in [3.8, 4) is 0 Å². The van der Waals surface area contributed by atoms with Crippen LogP contribution in [0, 0.1) is 5.92 Å². The first-order valence-corrected chi connectivity index (χ1v) is 19.1. The van der Waals surface area contributed by atoms with Crippen LogP contribution in [-0.4, -0.2) is 56.9 Å². The van der Waals surface area contributed by atoms with Gasteiger partial charge in [-0.3, -0.25) is 29.4 Å². The van der Waals surface area contributed by atoms with E-state index in [0.717, 1.165) is 6.42 Å². The predicted molar refractivity (Wildman–Crippen MR) is 184 cm³/mol. The van der Waals surface area contributed by atoms with Crippen LogP contribution in [0.2, 0.25) is 18.1 Å². The van der Waals surface area contributed by atoms with Crippen LogP contribution in [0.5, 0.6) is 0 Å². The third kappa shape index (κ3) is 7.17. The third-order valence-corrected chi connectivity index (χ3v) is 13.8. The summed E-state index contributed by atoms with van der Waals surface area (Å²) in [6.07, 6.45) is 1.19. The van der Waals surface area contributed by atoms with Gasteiger partial charge in [0, 0.05) is 19.0 Å². The van der Waals surface area contributed by atoms with Gasteiger partial charge in [-0.1, -0.05) is 102 Å². The number of nitrogens with zero attached hydrogens (tertiary/aromatic N) is 4. The van der Waals surface area contributed by atoms with Crippen LogP contribution < -0.4 is 10.9 Å². The summed E-state index contributed by atoms with van der Waals surface area (Å²) in [6.45, 7) is 18.3. The number of anilines is 1. The molecule has 0 spiro atoms. The van der Waals surface area contributed by atoms with Crippen LogP contribution in [0.1, 0.15) is 65.3 Å². The summed E-state index contributed by atoms with van der Waals surface area (Å²) in [5.74, 6) is -0.442. The zero-order valence-electron chi connectivity index (χ0n) is 28.3. The first-order chi connectivity index (χ1) is 21.8. The Hall–Kier alpha value is -3.64. The van der Waals surface area contributed by atoms with Crippen LogP contribution in [0.4, 0.5) is 5.95 Å². The minimum absolute atomic E-state index is 0.0587. The van der Waals surface area contributed by atoms with Gasteiger partial charge >= 0.3 is 0 Å². The number of fused-ring (bicyclic) bond motifs is 1. The summed E-state index contributed by atoms with van der Waals surface area (Å²) >= 11 is 0. The molecule has 1 aliphatic rings. The number of aromatic amines is 1. The molecule has 2 aromatic heterocycles. The Bertz CT molecular complexity index is 1640. The highest BCUT2D eigenvalue weighted by molar-refractivity contribution is 6.74. The van der Waals surface area contributed by atoms with Gasteiger partial charge in [0.2, 0.25) is 11.9 Å². The van der Waals surface area contributed by atoms with Crippen LogP contribution in [-0.2, 0) is 27.0 Å². The zero-order valence-corrected chi connectivity index (χ0v) is 29.3. The Morgan fingerprint density at radius 1 is 1.07 bits per heavy atom. The molecule has 0 bridgehead atoms. The molecule has 11 heteroatoms. The number of hydrogen-bond donors (Lipinski definition) is 2. The van der Waals surface area contributed by atoms with E-state index >= 15 is 0 Å². The number of carbonyl (C=O) groups is 1. The summed E-state index contributed by atoms with van der Waals surface area (Å²) in [6, 6.07) is 20.9. The van der Waals surface area contributed by atoms with Gasteiger partial charge in [-0.25, -0.2) is 4.98 Å². The Morgan fingerprint density at radius 3 is 2.17 bits per heavy atom. The van der Waals surface area contributed by atoms with E-state index in [9.17, 15) is 9.59 Å². The van der Waals surface area contributed by atoms with Crippen molar-refractivity contribution in [2.24, 2.45) is 5.92 Å². The van der Waals surface area contributed by atoms with E-state index < -0.39 is 26.2 Å². The SMILES string of the molecule is CC[C@H]1O[C@@H](n2cnc3c(=O)[nH]c(NC(=O)C(C)C)nc32)C(O[Si](C)(C)C(C)(C)C)[C@H]1N(Cc1ccccc1)Cc1ccccc1. The van der Waals surface area contributed by atoms with Crippen LogP contribution in [0.3, 0.4) is 0 Å². The quantitative estimate of drug-likeness (QED) is 0.180. The molecular weight excluding hydrogens is 597 g/mol. The lowest BCUT2D eigenvalue weighted by atomic mass is 10.0. The normalized spacial score (nSPS) is 20.6. The van der Waals surface area contributed by atoms with Gasteiger partial charge < -0.3 is 9.16 Å². The van der Waals surface area contributed by atoms with E-state index in [4.69, 9.17) is 9.16 Å². The van der Waals surface area contributed by atoms with Crippen molar-refractivity contribution in [2.75, 3.05) is 5.32 Å². The second-order valence-electron chi connectivity index (χ2n) is 14.1. The van der Waals surface area contributed by atoms with Crippen molar-refractivity contribution in [1.29, 1.82) is 0 Å². The molecule has 10 nitrogen and oxygen atoms in total. The summed E-state index contributed by atoms with van der Waals surface area (Å²) < 4.78 is 16.1. The fourth-order valence-electron chi connectivity index (χ4n) is 5.70. The van der Waals surface area contributed by atoms with Gasteiger partial charge in [-0.05, 0) is 35.7 Å². The number of ether oxygens (including phenoxy) is 1. The largest absolute Gasteiger partial charge is 0.408 e. The minimum Gasteiger partial charge on any atom is -0.408 e. The lowest BCUT2D eigenvalue weighted by Gasteiger charge is -2.43. The summed E-state index contributed by atoms with van der Waals surface area (Å²) in [5, 5.41) is 2.67. The molecule has 1 amide bonds. The molecule has 4 aromatic rings. The van der Waals surface area contributed by atoms with Gasteiger partial charge in [-0.2, -0.15) is 4.98 Å². The molecule has 5 rings (SSSR count). The summed E-state index contributed by atoms with van der Waals surface area (Å²) in [5.41, 5.74) is 2.49. The van der Waals surface area contributed by atoms with Crippen LogP contribution >= 0.6 is 0 Å². The Kier molecular flexibility index (Phi) is 9.97. The van der Waals surface area contributed by atoms with E-state index in [2.05, 4.69) is 114 Å². The van der Waals surface area contributed by atoms with Crippen LogP contribution in [0.15, 0.2) is 71.8 Å². The second kappa shape index (κ2) is 13.6. The van der Waals surface area contributed by atoms with Crippen molar-refractivity contribution < 1.29 is 14.0 Å². The van der Waals surface area contributed by atoms with E-state index in [1.165, 1.54) is 11.1 Å². The van der Waals surface area contributed by atoms with Crippen molar-refractivity contribution in [3.05, 3.63) is 88.5 Å². The first kappa shape index (κ1) is 33.7. The minimum atomic E-state index is -2.35. The molecule has 1 aliphatic heterocycles. The van der Waals surface area contributed by atoms with Gasteiger partial charge in [0.25, 0.3) is 5.56 Å².